The molecule has 0 fully saturated rings. The average Bonchev–Trinajstić information content (AvgIpc) is 2.40. The highest BCUT2D eigenvalue weighted by Gasteiger charge is 2.13. The third kappa shape index (κ3) is 2.94. The van der Waals surface area contributed by atoms with E-state index in [9.17, 15) is 4.79 Å². The second kappa shape index (κ2) is 5.44. The number of carbonyl (C=O) groups excluding carboxylic acids is 1. The van der Waals surface area contributed by atoms with Crippen LogP contribution in [0.25, 0.3) is 0 Å². The molecule has 1 aromatic carbocycles. The van der Waals surface area contributed by atoms with Gasteiger partial charge in [-0.15, -0.1) is 0 Å². The first-order chi connectivity index (χ1) is 8.66. The molecule has 90 valence electrons. The second-order valence-corrected chi connectivity index (χ2v) is 3.69. The summed E-state index contributed by atoms with van der Waals surface area (Å²) in [5.74, 6) is -0.316. The number of hydrogen-bond acceptors (Lipinski definition) is 4. The Morgan fingerprint density at radius 1 is 1.17 bits per heavy atom. The van der Waals surface area contributed by atoms with Gasteiger partial charge < -0.3 is 15.4 Å². The van der Waals surface area contributed by atoms with Crippen molar-refractivity contribution in [3.63, 3.8) is 0 Å². The van der Waals surface area contributed by atoms with Crippen molar-refractivity contribution in [2.45, 2.75) is 0 Å². The smallest absolute Gasteiger partial charge is 0.423 e. The van der Waals surface area contributed by atoms with Crippen LogP contribution in [0.2, 0.25) is 0 Å². The summed E-state index contributed by atoms with van der Waals surface area (Å²) in [5, 5.41) is 20.8. The van der Waals surface area contributed by atoms with E-state index in [-0.39, 0.29) is 11.4 Å². The predicted molar refractivity (Wildman–Crippen MR) is 68.5 cm³/mol. The molecular weight excluding hydrogens is 231 g/mol. The third-order valence-corrected chi connectivity index (χ3v) is 2.39. The Morgan fingerprint density at radius 2 is 1.89 bits per heavy atom. The van der Waals surface area contributed by atoms with Gasteiger partial charge in [-0.2, -0.15) is 0 Å². The zero-order chi connectivity index (χ0) is 13.0. The molecule has 0 unspecified atom stereocenters. The third-order valence-electron chi connectivity index (χ3n) is 2.39. The predicted octanol–water partition coefficient (Wildman–Crippen LogP) is 0.0137. The number of amides is 1. The molecule has 1 aromatic heterocycles. The Morgan fingerprint density at radius 3 is 2.56 bits per heavy atom. The monoisotopic (exact) mass is 242 g/mol. The van der Waals surface area contributed by atoms with Crippen LogP contribution in [0.1, 0.15) is 10.4 Å². The minimum atomic E-state index is -1.58. The lowest BCUT2D eigenvalue weighted by atomic mass is 9.79. The van der Waals surface area contributed by atoms with Gasteiger partial charge >= 0.3 is 7.12 Å². The van der Waals surface area contributed by atoms with E-state index in [1.807, 2.05) is 0 Å². The van der Waals surface area contributed by atoms with Gasteiger partial charge in [-0.3, -0.25) is 9.78 Å². The number of hydrogen-bond donors (Lipinski definition) is 3. The van der Waals surface area contributed by atoms with Crippen molar-refractivity contribution in [3.05, 3.63) is 54.4 Å². The van der Waals surface area contributed by atoms with E-state index in [1.165, 1.54) is 12.1 Å². The van der Waals surface area contributed by atoms with E-state index in [4.69, 9.17) is 10.0 Å². The molecule has 0 saturated carbocycles. The molecule has 1 amide bonds. The number of nitrogens with one attached hydrogen (secondary N) is 1. The van der Waals surface area contributed by atoms with Crippen molar-refractivity contribution in [1.82, 2.24) is 4.98 Å². The van der Waals surface area contributed by atoms with Crippen molar-refractivity contribution in [1.29, 1.82) is 0 Å². The van der Waals surface area contributed by atoms with Gasteiger partial charge in [0.1, 0.15) is 0 Å². The summed E-state index contributed by atoms with van der Waals surface area (Å²) in [6, 6.07) is 9.50. The van der Waals surface area contributed by atoms with E-state index >= 15 is 0 Å². The Bertz CT molecular complexity index is 546. The number of carbonyl (C=O) groups is 1. The van der Waals surface area contributed by atoms with Crippen LogP contribution in [0.5, 0.6) is 0 Å². The Kier molecular flexibility index (Phi) is 3.71. The summed E-state index contributed by atoms with van der Waals surface area (Å²) >= 11 is 0. The number of aromatic nitrogens is 1. The van der Waals surface area contributed by atoms with Gasteiger partial charge in [-0.05, 0) is 29.7 Å². The van der Waals surface area contributed by atoms with Crippen LogP contribution in [0.15, 0.2) is 48.8 Å². The van der Waals surface area contributed by atoms with Crippen LogP contribution < -0.4 is 10.8 Å². The molecule has 0 spiro atoms. The van der Waals surface area contributed by atoms with E-state index in [2.05, 4.69) is 10.3 Å². The van der Waals surface area contributed by atoms with Crippen LogP contribution in [0.4, 0.5) is 5.69 Å². The standard InChI is InChI=1S/C12H11BN2O3/c16-12(15-11-4-6-14-7-5-11)9-2-1-3-10(8-9)13(17)18/h1-8,17-18H,(H,14,15,16). The van der Waals surface area contributed by atoms with E-state index in [0.717, 1.165) is 0 Å². The lowest BCUT2D eigenvalue weighted by Crippen LogP contribution is -2.30. The highest BCUT2D eigenvalue weighted by molar-refractivity contribution is 6.58. The maximum absolute atomic E-state index is 11.9. The number of nitrogens with zero attached hydrogens (tertiary/aromatic N) is 1. The number of anilines is 1. The van der Waals surface area contributed by atoms with Crippen LogP contribution in [0.3, 0.4) is 0 Å². The van der Waals surface area contributed by atoms with Crippen molar-refractivity contribution in [3.8, 4) is 0 Å². The number of benzene rings is 1. The van der Waals surface area contributed by atoms with Crippen molar-refractivity contribution >= 4 is 24.2 Å². The zero-order valence-electron chi connectivity index (χ0n) is 9.45. The Labute approximate surface area is 104 Å². The molecule has 0 aliphatic carbocycles. The van der Waals surface area contributed by atoms with E-state index in [1.54, 1.807) is 36.7 Å². The molecule has 2 aromatic rings. The molecule has 3 N–H and O–H groups in total. The molecule has 0 saturated heterocycles. The highest BCUT2D eigenvalue weighted by Crippen LogP contribution is 2.06. The SMILES string of the molecule is O=C(Nc1ccncc1)c1cccc(B(O)O)c1. The van der Waals surface area contributed by atoms with Crippen LogP contribution in [0, 0.1) is 0 Å². The Hall–Kier alpha value is -2.18. The summed E-state index contributed by atoms with van der Waals surface area (Å²) in [6.45, 7) is 0. The normalized spacial score (nSPS) is 9.89. The maximum Gasteiger partial charge on any atom is 0.488 e. The van der Waals surface area contributed by atoms with E-state index in [0.29, 0.717) is 11.3 Å². The van der Waals surface area contributed by atoms with Crippen molar-refractivity contribution in [2.24, 2.45) is 0 Å². The summed E-state index contributed by atoms with van der Waals surface area (Å²) in [7, 11) is -1.58. The first-order valence-corrected chi connectivity index (χ1v) is 5.34. The quantitative estimate of drug-likeness (QED) is 0.662. The van der Waals surface area contributed by atoms with Crippen LogP contribution in [-0.4, -0.2) is 28.1 Å². The lowest BCUT2D eigenvalue weighted by Gasteiger charge is -2.06. The molecule has 18 heavy (non-hydrogen) atoms. The average molecular weight is 242 g/mol. The van der Waals surface area contributed by atoms with Gasteiger partial charge in [0, 0.05) is 23.6 Å². The molecule has 6 heteroatoms. The number of pyridine rings is 1. The Balaban J connectivity index is 2.16. The molecular formula is C12H11BN2O3. The lowest BCUT2D eigenvalue weighted by molar-refractivity contribution is 0.102. The van der Waals surface area contributed by atoms with Gasteiger partial charge in [0.05, 0.1) is 0 Å². The van der Waals surface area contributed by atoms with Gasteiger partial charge in [-0.25, -0.2) is 0 Å². The van der Waals surface area contributed by atoms with E-state index < -0.39 is 7.12 Å². The highest BCUT2D eigenvalue weighted by atomic mass is 16.4. The fraction of sp³-hybridized carbons (Fsp3) is 0. The summed E-state index contributed by atoms with van der Waals surface area (Å²) in [4.78, 5) is 15.7. The van der Waals surface area contributed by atoms with Gasteiger partial charge in [-0.1, -0.05) is 12.1 Å². The molecule has 0 aliphatic rings. The van der Waals surface area contributed by atoms with Gasteiger partial charge in [0.15, 0.2) is 0 Å². The first kappa shape index (κ1) is 12.3. The summed E-state index contributed by atoms with van der Waals surface area (Å²) < 4.78 is 0. The van der Waals surface area contributed by atoms with Gasteiger partial charge in [0.25, 0.3) is 5.91 Å². The fourth-order valence-electron chi connectivity index (χ4n) is 1.48. The first-order valence-electron chi connectivity index (χ1n) is 5.34. The second-order valence-electron chi connectivity index (χ2n) is 3.69. The summed E-state index contributed by atoms with van der Waals surface area (Å²) in [6.07, 6.45) is 3.15. The molecule has 0 bridgehead atoms. The van der Waals surface area contributed by atoms with Crippen LogP contribution in [-0.2, 0) is 0 Å². The molecule has 0 radical (unpaired) electrons. The van der Waals surface area contributed by atoms with Crippen molar-refractivity contribution < 1.29 is 14.8 Å². The molecule has 0 aliphatic heterocycles. The minimum Gasteiger partial charge on any atom is -0.423 e. The molecule has 0 atom stereocenters. The largest absolute Gasteiger partial charge is 0.488 e. The van der Waals surface area contributed by atoms with Crippen molar-refractivity contribution in [2.75, 3.05) is 5.32 Å². The molecule has 1 heterocycles. The summed E-state index contributed by atoms with van der Waals surface area (Å²) in [5.41, 5.74) is 1.26. The van der Waals surface area contributed by atoms with Crippen LogP contribution >= 0.6 is 0 Å². The molecule has 5 nitrogen and oxygen atoms in total. The molecule has 2 rings (SSSR count). The minimum absolute atomic E-state index is 0.275. The fourth-order valence-corrected chi connectivity index (χ4v) is 1.48. The van der Waals surface area contributed by atoms with Gasteiger partial charge in [0.2, 0.25) is 0 Å². The maximum atomic E-state index is 11.9. The topological polar surface area (TPSA) is 82.5 Å². The number of rotatable bonds is 3. The zero-order valence-corrected chi connectivity index (χ0v) is 9.45.